The van der Waals surface area contributed by atoms with E-state index in [2.05, 4.69) is 24.8 Å². The van der Waals surface area contributed by atoms with E-state index in [1.807, 2.05) is 0 Å². The molecule has 0 atom stereocenters. The van der Waals surface area contributed by atoms with Crippen LogP contribution in [0.5, 0.6) is 0 Å². The molecule has 250 valence electrons. The van der Waals surface area contributed by atoms with Crippen LogP contribution in [0, 0.1) is 35.5 Å². The molecule has 0 spiro atoms. The molecule has 8 saturated carbocycles. The van der Waals surface area contributed by atoms with E-state index < -0.39 is 49.2 Å². The van der Waals surface area contributed by atoms with Gasteiger partial charge in [-0.15, -0.1) is 0 Å². The molecule has 1 saturated heterocycles. The van der Waals surface area contributed by atoms with Crippen molar-refractivity contribution in [1.29, 1.82) is 0 Å². The molecule has 1 aliphatic heterocycles. The van der Waals surface area contributed by atoms with Crippen LogP contribution in [0.2, 0.25) is 0 Å². The van der Waals surface area contributed by atoms with Gasteiger partial charge in [0, 0.05) is 4.32 Å². The Balaban J connectivity index is 0.000000160. The quantitative estimate of drug-likeness (QED) is 0.0985. The van der Waals surface area contributed by atoms with Crippen LogP contribution in [0.3, 0.4) is 0 Å². The number of ether oxygens (including phenoxy) is 1. The minimum atomic E-state index is -6.75. The zero-order valence-corrected chi connectivity index (χ0v) is 26.8. The van der Waals surface area contributed by atoms with Crippen LogP contribution in [0.25, 0.3) is 0 Å². The summed E-state index contributed by atoms with van der Waals surface area (Å²) in [4.78, 5) is 0. The number of halogens is 9. The first-order valence-corrected chi connectivity index (χ1v) is 17.9. The van der Waals surface area contributed by atoms with Crippen LogP contribution >= 0.6 is 15.9 Å². The Kier molecular flexibility index (Phi) is 10.0. The van der Waals surface area contributed by atoms with Crippen LogP contribution in [0.1, 0.15) is 77.0 Å². The molecule has 9 aliphatic rings. The molecule has 18 heteroatoms. The average Bonchev–Trinajstić information content (AvgIpc) is 2.75. The van der Waals surface area contributed by atoms with Gasteiger partial charge in [-0.3, -0.25) is 0 Å². The summed E-state index contributed by atoms with van der Waals surface area (Å²) in [5, 5.41) is -5.87. The summed E-state index contributed by atoms with van der Waals surface area (Å²) >= 11 is 5.41. The monoisotopic (exact) mass is 818 g/mol. The van der Waals surface area contributed by atoms with Crippen molar-refractivity contribution >= 4 is 36.3 Å². The van der Waals surface area contributed by atoms with Crippen molar-refractivity contribution < 1.29 is 80.6 Å². The van der Waals surface area contributed by atoms with E-state index in [-0.39, 0.29) is 37.0 Å². The molecule has 1 heterocycles. The summed E-state index contributed by atoms with van der Waals surface area (Å²) < 4.78 is 147. The molecule has 8 bridgehead atoms. The first kappa shape index (κ1) is 35.3. The van der Waals surface area contributed by atoms with Crippen LogP contribution in [-0.4, -0.2) is 50.0 Å². The van der Waals surface area contributed by atoms with Crippen LogP contribution < -0.4 is 0 Å². The molecule has 9 fully saturated rings. The standard InChI is InChI=1S/C12H15F5O3S.C10H15Br.C2H2F2O3S.Ag.FH/c13-11(14,12(15,16)21(17,18)19)20-10-4-7-1-8(5-10)3-9(2-7)6-10;11-10-4-7-1-8(5-10)3-9(2-7)6-10;3-2(4)1-8(5,6)7-2;;/h7-9H,1-6H2;7-9H,1-6H2;1H2;;1H/q;;;+1;/p-1. The summed E-state index contributed by atoms with van der Waals surface area (Å²) in [6.45, 7) is 0. The Labute approximate surface area is 261 Å². The fourth-order valence-electron chi connectivity index (χ4n) is 9.02. The summed E-state index contributed by atoms with van der Waals surface area (Å²) in [6, 6.07) is 0. The van der Waals surface area contributed by atoms with Gasteiger partial charge in [-0.1, -0.05) is 19.8 Å². The van der Waals surface area contributed by atoms with Crippen LogP contribution in [-0.2, 0) is 50.9 Å². The summed E-state index contributed by atoms with van der Waals surface area (Å²) in [5.41, 5.74) is -1.45. The topological polar surface area (TPSA) is 86.7 Å². The average molecular weight is 820 g/mol. The van der Waals surface area contributed by atoms with E-state index in [4.69, 9.17) is 0 Å². The number of rotatable bonds is 4. The fraction of sp³-hybridized carbons (Fsp3) is 1.00. The van der Waals surface area contributed by atoms with Crippen molar-refractivity contribution in [1.82, 2.24) is 0 Å². The Hall–Kier alpha value is 0.480. The van der Waals surface area contributed by atoms with Gasteiger partial charge in [0.1, 0.15) is 0 Å². The minimum absolute atomic E-state index is 0.141. The second kappa shape index (κ2) is 11.9. The molecule has 6 nitrogen and oxygen atoms in total. The first-order chi connectivity index (χ1) is 19.1. The van der Waals surface area contributed by atoms with Crippen molar-refractivity contribution in [3.63, 3.8) is 0 Å². The maximum atomic E-state index is 13.6. The zero-order chi connectivity index (χ0) is 31.6. The van der Waals surface area contributed by atoms with Gasteiger partial charge in [-0.25, -0.2) is 0 Å². The van der Waals surface area contributed by atoms with E-state index in [1.165, 1.54) is 40.9 Å². The second-order valence-corrected chi connectivity index (χ2v) is 17.8. The van der Waals surface area contributed by atoms with E-state index in [1.54, 1.807) is 19.3 Å². The molecular formula is C24H32AgBrF8O6S2. The molecule has 9 rings (SSSR count). The van der Waals surface area contributed by atoms with E-state index in [0.29, 0.717) is 4.32 Å². The van der Waals surface area contributed by atoms with Gasteiger partial charge in [0.25, 0.3) is 10.1 Å². The predicted octanol–water partition coefficient (Wildman–Crippen LogP) is 7.16. The molecular weight excluding hydrogens is 788 g/mol. The van der Waals surface area contributed by atoms with Gasteiger partial charge in [0.05, 0.1) is 5.60 Å². The van der Waals surface area contributed by atoms with Gasteiger partial charge in [0.15, 0.2) is 5.75 Å². The molecule has 0 aromatic heterocycles. The maximum absolute atomic E-state index is 13.6. The van der Waals surface area contributed by atoms with Crippen LogP contribution in [0.4, 0.5) is 33.3 Å². The number of hydrogen-bond acceptors (Lipinski definition) is 6. The van der Waals surface area contributed by atoms with E-state index in [0.717, 1.165) is 37.0 Å². The molecule has 0 amide bonds. The molecule has 0 aromatic rings. The van der Waals surface area contributed by atoms with Crippen molar-refractivity contribution in [2.75, 3.05) is 5.75 Å². The molecule has 0 unspecified atom stereocenters. The Morgan fingerprint density at radius 1 is 0.762 bits per heavy atom. The third-order valence-electron chi connectivity index (χ3n) is 9.53. The van der Waals surface area contributed by atoms with Gasteiger partial charge in [-0.2, -0.15) is 47.4 Å². The number of alkyl halides is 7. The molecule has 42 heavy (non-hydrogen) atoms. The third-order valence-corrected chi connectivity index (χ3v) is 12.5. The van der Waals surface area contributed by atoms with Gasteiger partial charge < -0.3 is 4.74 Å². The van der Waals surface area contributed by atoms with Crippen LogP contribution in [0.15, 0.2) is 0 Å². The van der Waals surface area contributed by atoms with Gasteiger partial charge in [-0.05, 0) is 113 Å². The van der Waals surface area contributed by atoms with Gasteiger partial charge in [0.2, 0.25) is 0 Å². The third kappa shape index (κ3) is 7.71. The second-order valence-electron chi connectivity index (χ2n) is 13.2. The Bertz CT molecular complexity index is 1130. The normalized spacial score (nSPS) is 41.8. The van der Waals surface area contributed by atoms with Crippen molar-refractivity contribution in [3.05, 3.63) is 0 Å². The summed E-state index contributed by atoms with van der Waals surface area (Å²) in [6.07, 6.45) is 3.55. The Morgan fingerprint density at radius 2 is 1.07 bits per heavy atom. The first-order valence-electron chi connectivity index (χ1n) is 13.6. The molecule has 0 aromatic carbocycles. The Morgan fingerprint density at radius 3 is 1.29 bits per heavy atom. The SMILES string of the molecule is BrC12CC3CC(CC(C3)C1)C2.O=S(=O)(F)C(F)(F)C(F)(F)OC12CC3CC(CC(C3)C1)C2.O=S1(=O)CC(F)(F)O1.[F][Ag]. The molecule has 0 radical (unpaired) electrons. The van der Waals surface area contributed by atoms with E-state index >= 15 is 0 Å². The van der Waals surface area contributed by atoms with E-state index in [9.17, 15) is 50.1 Å². The predicted molar refractivity (Wildman–Crippen MR) is 133 cm³/mol. The molecule has 8 aliphatic carbocycles. The molecule has 0 N–H and O–H groups in total. The van der Waals surface area contributed by atoms with Crippen molar-refractivity contribution in [2.24, 2.45) is 35.5 Å². The van der Waals surface area contributed by atoms with Crippen molar-refractivity contribution in [2.45, 2.75) is 104 Å². The van der Waals surface area contributed by atoms with Crippen molar-refractivity contribution in [3.8, 4) is 0 Å². The fourth-order valence-corrected chi connectivity index (χ4v) is 11.5. The zero-order valence-electron chi connectivity index (χ0n) is 22.1. The summed E-state index contributed by atoms with van der Waals surface area (Å²) in [5.74, 6) is 2.54. The van der Waals surface area contributed by atoms with Gasteiger partial charge >= 0.3 is 52.3 Å². The summed E-state index contributed by atoms with van der Waals surface area (Å²) in [7, 11) is -10.6. The number of hydrogen-bond donors (Lipinski definition) is 0.